The molecule has 2 heterocycles. The summed E-state index contributed by atoms with van der Waals surface area (Å²) in [6.45, 7) is 1.29. The molecular weight excluding hydrogens is 310 g/mol. The Hall–Kier alpha value is -2.87. The molecule has 0 aliphatic carbocycles. The molecule has 1 aromatic heterocycles. The number of benzene rings is 1. The zero-order chi connectivity index (χ0) is 17.1. The molecule has 0 unspecified atom stereocenters. The Morgan fingerprint density at radius 1 is 1.25 bits per heavy atom. The van der Waals surface area contributed by atoms with E-state index in [-0.39, 0.29) is 11.9 Å². The van der Waals surface area contributed by atoms with Crippen molar-refractivity contribution in [3.05, 3.63) is 46.8 Å². The number of hydrogen-bond acceptors (Lipinski definition) is 4. The number of aromatic amines is 1. The van der Waals surface area contributed by atoms with E-state index >= 15 is 0 Å². The lowest BCUT2D eigenvalue weighted by Gasteiger charge is -2.12. The largest absolute Gasteiger partial charge is 0.370 e. The molecule has 126 valence electrons. The predicted molar refractivity (Wildman–Crippen MR) is 87.4 cm³/mol. The van der Waals surface area contributed by atoms with Crippen LogP contribution in [0.15, 0.2) is 24.3 Å². The third-order valence-corrected chi connectivity index (χ3v) is 3.72. The molecule has 0 spiro atoms. The molecule has 3 rings (SSSR count). The van der Waals surface area contributed by atoms with Gasteiger partial charge in [-0.1, -0.05) is 12.1 Å². The summed E-state index contributed by atoms with van der Waals surface area (Å²) in [4.78, 5) is 25.3. The summed E-state index contributed by atoms with van der Waals surface area (Å²) >= 11 is 0. The molecule has 0 saturated carbocycles. The van der Waals surface area contributed by atoms with E-state index in [2.05, 4.69) is 20.8 Å². The van der Waals surface area contributed by atoms with Gasteiger partial charge >= 0.3 is 6.03 Å². The lowest BCUT2D eigenvalue weighted by atomic mass is 10.2. The lowest BCUT2D eigenvalue weighted by Crippen LogP contribution is -2.33. The zero-order valence-electron chi connectivity index (χ0n) is 13.5. The minimum atomic E-state index is -0.272. The molecule has 1 aromatic carbocycles. The van der Waals surface area contributed by atoms with Gasteiger partial charge in [-0.05, 0) is 17.7 Å². The maximum absolute atomic E-state index is 12.3. The maximum atomic E-state index is 12.3. The smallest absolute Gasteiger partial charge is 0.317 e. The van der Waals surface area contributed by atoms with E-state index in [9.17, 15) is 9.59 Å². The van der Waals surface area contributed by atoms with E-state index in [1.54, 1.807) is 26.2 Å². The second-order valence-electron chi connectivity index (χ2n) is 5.73. The fourth-order valence-corrected chi connectivity index (χ4v) is 2.35. The van der Waals surface area contributed by atoms with Crippen molar-refractivity contribution in [2.75, 3.05) is 19.4 Å². The number of urea groups is 1. The average molecular weight is 329 g/mol. The average Bonchev–Trinajstić information content (AvgIpc) is 3.16. The Balaban J connectivity index is 1.59. The van der Waals surface area contributed by atoms with Gasteiger partial charge in [0.2, 0.25) is 0 Å². The van der Waals surface area contributed by atoms with Crippen molar-refractivity contribution >= 4 is 17.6 Å². The first-order valence-electron chi connectivity index (χ1n) is 7.54. The molecule has 0 fully saturated rings. The number of nitrogens with zero attached hydrogens (tertiary/aromatic N) is 2. The monoisotopic (exact) mass is 329 g/mol. The number of carbonyl (C=O) groups excluding carboxylic acids is 2. The Labute approximate surface area is 139 Å². The standard InChI is InChI=1S/C16H19N5O3/c1-21(2)16(23)17-7-10-3-5-11(6-4-10)18-15(22)14-12-8-24-9-13(12)19-20-14/h3-6H,7-9H2,1-2H3,(H,17,23)(H,18,22)(H,19,20). The second-order valence-corrected chi connectivity index (χ2v) is 5.73. The van der Waals surface area contributed by atoms with Crippen molar-refractivity contribution in [1.29, 1.82) is 0 Å². The summed E-state index contributed by atoms with van der Waals surface area (Å²) in [5, 5.41) is 12.5. The first kappa shape index (κ1) is 16.0. The van der Waals surface area contributed by atoms with Crippen molar-refractivity contribution in [2.45, 2.75) is 19.8 Å². The van der Waals surface area contributed by atoms with Crippen LogP contribution in [0.4, 0.5) is 10.5 Å². The fourth-order valence-electron chi connectivity index (χ4n) is 2.35. The molecule has 0 radical (unpaired) electrons. The highest BCUT2D eigenvalue weighted by Crippen LogP contribution is 2.21. The van der Waals surface area contributed by atoms with E-state index in [0.29, 0.717) is 31.1 Å². The van der Waals surface area contributed by atoms with Crippen LogP contribution >= 0.6 is 0 Å². The van der Waals surface area contributed by atoms with Gasteiger partial charge in [-0.2, -0.15) is 5.10 Å². The first-order chi connectivity index (χ1) is 11.5. The van der Waals surface area contributed by atoms with Gasteiger partial charge in [-0.25, -0.2) is 4.79 Å². The van der Waals surface area contributed by atoms with Gasteiger partial charge in [0.05, 0.1) is 18.9 Å². The van der Waals surface area contributed by atoms with Gasteiger partial charge in [0.25, 0.3) is 5.91 Å². The van der Waals surface area contributed by atoms with Crippen molar-refractivity contribution in [2.24, 2.45) is 0 Å². The maximum Gasteiger partial charge on any atom is 0.317 e. The molecule has 2 aromatic rings. The minimum absolute atomic E-state index is 0.151. The Kier molecular flexibility index (Phi) is 4.48. The highest BCUT2D eigenvalue weighted by atomic mass is 16.5. The molecule has 3 N–H and O–H groups in total. The molecular formula is C16H19N5O3. The van der Waals surface area contributed by atoms with E-state index in [0.717, 1.165) is 16.8 Å². The van der Waals surface area contributed by atoms with Crippen LogP contribution in [0.1, 0.15) is 27.3 Å². The summed E-state index contributed by atoms with van der Waals surface area (Å²) < 4.78 is 5.29. The number of rotatable bonds is 4. The SMILES string of the molecule is CN(C)C(=O)NCc1ccc(NC(=O)c2n[nH]c3c2COC3)cc1. The van der Waals surface area contributed by atoms with Crippen LogP contribution in [0, 0.1) is 0 Å². The fraction of sp³-hybridized carbons (Fsp3) is 0.312. The first-order valence-corrected chi connectivity index (χ1v) is 7.54. The normalized spacial score (nSPS) is 12.6. The van der Waals surface area contributed by atoms with E-state index in [1.807, 2.05) is 12.1 Å². The van der Waals surface area contributed by atoms with Gasteiger partial charge in [-0.15, -0.1) is 0 Å². The molecule has 0 saturated heterocycles. The number of ether oxygens (including phenoxy) is 1. The number of anilines is 1. The quantitative estimate of drug-likeness (QED) is 0.791. The van der Waals surface area contributed by atoms with Crippen molar-refractivity contribution in [1.82, 2.24) is 20.4 Å². The number of aromatic nitrogens is 2. The lowest BCUT2D eigenvalue weighted by molar-refractivity contribution is 0.101. The van der Waals surface area contributed by atoms with E-state index in [1.165, 1.54) is 4.90 Å². The minimum Gasteiger partial charge on any atom is -0.370 e. The number of H-pyrrole nitrogens is 1. The third-order valence-electron chi connectivity index (χ3n) is 3.72. The van der Waals surface area contributed by atoms with Crippen molar-refractivity contribution < 1.29 is 14.3 Å². The number of hydrogen-bond donors (Lipinski definition) is 3. The Morgan fingerprint density at radius 3 is 2.71 bits per heavy atom. The predicted octanol–water partition coefficient (Wildman–Crippen LogP) is 1.46. The van der Waals surface area contributed by atoms with Crippen LogP contribution in [0.5, 0.6) is 0 Å². The topological polar surface area (TPSA) is 99.4 Å². The van der Waals surface area contributed by atoms with Crippen LogP contribution in [-0.2, 0) is 24.5 Å². The zero-order valence-corrected chi connectivity index (χ0v) is 13.5. The molecule has 3 amide bonds. The van der Waals surface area contributed by atoms with Crippen LogP contribution in [0.3, 0.4) is 0 Å². The van der Waals surface area contributed by atoms with Crippen LogP contribution in [0.25, 0.3) is 0 Å². The second kappa shape index (κ2) is 6.71. The molecule has 1 aliphatic heterocycles. The molecule has 1 aliphatic rings. The van der Waals surface area contributed by atoms with Gasteiger partial charge in [0.15, 0.2) is 5.69 Å². The molecule has 8 nitrogen and oxygen atoms in total. The molecule has 0 bridgehead atoms. The van der Waals surface area contributed by atoms with Gasteiger partial charge in [0.1, 0.15) is 0 Å². The summed E-state index contributed by atoms with van der Waals surface area (Å²) in [6, 6.07) is 7.13. The van der Waals surface area contributed by atoms with Gasteiger partial charge < -0.3 is 20.3 Å². The Morgan fingerprint density at radius 2 is 2.00 bits per heavy atom. The summed E-state index contributed by atoms with van der Waals surface area (Å²) in [6.07, 6.45) is 0. The van der Waals surface area contributed by atoms with Crippen LogP contribution in [0.2, 0.25) is 0 Å². The number of fused-ring (bicyclic) bond motifs is 1. The summed E-state index contributed by atoms with van der Waals surface area (Å²) in [5.41, 5.74) is 3.64. The summed E-state index contributed by atoms with van der Waals surface area (Å²) in [7, 11) is 3.37. The number of nitrogens with one attached hydrogen (secondary N) is 3. The van der Waals surface area contributed by atoms with Gasteiger partial charge in [0, 0.05) is 31.9 Å². The van der Waals surface area contributed by atoms with Crippen LogP contribution < -0.4 is 10.6 Å². The third kappa shape index (κ3) is 3.38. The van der Waals surface area contributed by atoms with Crippen molar-refractivity contribution in [3.63, 3.8) is 0 Å². The van der Waals surface area contributed by atoms with Crippen molar-refractivity contribution in [3.8, 4) is 0 Å². The van der Waals surface area contributed by atoms with Crippen LogP contribution in [-0.4, -0.2) is 41.1 Å². The van der Waals surface area contributed by atoms with Gasteiger partial charge in [-0.3, -0.25) is 9.89 Å². The van der Waals surface area contributed by atoms with E-state index in [4.69, 9.17) is 4.74 Å². The highest BCUT2D eigenvalue weighted by molar-refractivity contribution is 6.04. The molecule has 24 heavy (non-hydrogen) atoms. The number of amides is 3. The molecule has 0 atom stereocenters. The van der Waals surface area contributed by atoms with E-state index < -0.39 is 0 Å². The number of carbonyl (C=O) groups is 2. The molecule has 8 heteroatoms. The Bertz CT molecular complexity index is 752. The highest BCUT2D eigenvalue weighted by Gasteiger charge is 2.23. The summed E-state index contributed by atoms with van der Waals surface area (Å²) in [5.74, 6) is -0.272.